The third-order valence-corrected chi connectivity index (χ3v) is 5.12. The molecule has 0 bridgehead atoms. The first-order valence-corrected chi connectivity index (χ1v) is 7.80. The molecule has 1 spiro atoms. The van der Waals surface area contributed by atoms with Crippen LogP contribution in [0.1, 0.15) is 6.92 Å². The number of hydrogen-bond acceptors (Lipinski definition) is 8. The standard InChI is InChI=1S/C15H20N2O7/c1-14(6-18,7-19)13(21)23-5-4-16-12(20)9-8-2-3-15(8)11(24-15)10(9)17-22/h2-3,8-11,18-19H,4-7H2,1H3,(H,16,20). The summed E-state index contributed by atoms with van der Waals surface area (Å²) in [6.07, 6.45) is 3.40. The zero-order valence-corrected chi connectivity index (χ0v) is 13.2. The minimum atomic E-state index is -1.37. The number of amides is 1. The molecule has 3 aliphatic rings. The summed E-state index contributed by atoms with van der Waals surface area (Å²) in [5.74, 6) is -1.78. The zero-order chi connectivity index (χ0) is 17.5. The molecule has 0 radical (unpaired) electrons. The van der Waals surface area contributed by atoms with Gasteiger partial charge in [-0.1, -0.05) is 17.3 Å². The van der Waals surface area contributed by atoms with Gasteiger partial charge in [0.25, 0.3) is 0 Å². The van der Waals surface area contributed by atoms with E-state index in [1.54, 1.807) is 0 Å². The predicted octanol–water partition coefficient (Wildman–Crippen LogP) is -1.27. The lowest BCUT2D eigenvalue weighted by Gasteiger charge is -2.29. The van der Waals surface area contributed by atoms with E-state index in [9.17, 15) is 14.5 Å². The van der Waals surface area contributed by atoms with Crippen molar-refractivity contribution in [1.29, 1.82) is 0 Å². The van der Waals surface area contributed by atoms with Crippen LogP contribution in [0.2, 0.25) is 0 Å². The van der Waals surface area contributed by atoms with Crippen molar-refractivity contribution in [2.24, 2.45) is 22.4 Å². The Kier molecular flexibility index (Phi) is 4.18. The molecule has 1 saturated carbocycles. The Labute approximate surface area is 138 Å². The molecule has 5 atom stereocenters. The van der Waals surface area contributed by atoms with E-state index in [0.29, 0.717) is 0 Å². The average Bonchev–Trinajstić information content (AvgIpc) is 3.30. The van der Waals surface area contributed by atoms with Crippen LogP contribution in [0.4, 0.5) is 0 Å². The number of rotatable bonds is 8. The molecule has 9 heteroatoms. The van der Waals surface area contributed by atoms with E-state index >= 15 is 0 Å². The molecule has 1 heterocycles. The van der Waals surface area contributed by atoms with E-state index in [4.69, 9.17) is 19.7 Å². The van der Waals surface area contributed by atoms with Gasteiger partial charge in [-0.2, -0.15) is 4.91 Å². The smallest absolute Gasteiger partial charge is 0.316 e. The number of esters is 1. The van der Waals surface area contributed by atoms with Gasteiger partial charge in [0.05, 0.1) is 25.7 Å². The highest BCUT2D eigenvalue weighted by molar-refractivity contribution is 5.82. The van der Waals surface area contributed by atoms with E-state index < -0.39 is 42.2 Å². The van der Waals surface area contributed by atoms with Gasteiger partial charge >= 0.3 is 5.97 Å². The first-order valence-electron chi connectivity index (χ1n) is 7.80. The zero-order valence-electron chi connectivity index (χ0n) is 13.2. The van der Waals surface area contributed by atoms with Gasteiger partial charge < -0.3 is 25.0 Å². The van der Waals surface area contributed by atoms with Crippen molar-refractivity contribution in [3.8, 4) is 0 Å². The lowest BCUT2D eigenvalue weighted by molar-refractivity contribution is -0.160. The minimum absolute atomic E-state index is 0.0640. The molecule has 0 aromatic rings. The van der Waals surface area contributed by atoms with Crippen molar-refractivity contribution < 1.29 is 29.3 Å². The van der Waals surface area contributed by atoms with Crippen LogP contribution in [0, 0.1) is 22.2 Å². The van der Waals surface area contributed by atoms with Gasteiger partial charge in [-0.05, 0) is 6.92 Å². The van der Waals surface area contributed by atoms with Gasteiger partial charge in [-0.15, -0.1) is 0 Å². The Morgan fingerprint density at radius 1 is 1.42 bits per heavy atom. The van der Waals surface area contributed by atoms with Crippen LogP contribution in [0.3, 0.4) is 0 Å². The van der Waals surface area contributed by atoms with Crippen LogP contribution >= 0.6 is 0 Å². The number of aliphatic hydroxyl groups is 2. The van der Waals surface area contributed by atoms with Crippen LogP contribution in [0.15, 0.2) is 17.3 Å². The number of nitrogens with zero attached hydrogens (tertiary/aromatic N) is 1. The maximum Gasteiger partial charge on any atom is 0.316 e. The lowest BCUT2D eigenvalue weighted by Crippen LogP contribution is -2.44. The van der Waals surface area contributed by atoms with Crippen molar-refractivity contribution in [2.75, 3.05) is 26.4 Å². The number of nitroso groups, excluding NO2 is 1. The molecule has 3 rings (SSSR count). The van der Waals surface area contributed by atoms with Gasteiger partial charge in [0.1, 0.15) is 29.8 Å². The molecule has 2 fully saturated rings. The summed E-state index contributed by atoms with van der Waals surface area (Å²) in [7, 11) is 0. The van der Waals surface area contributed by atoms with E-state index in [-0.39, 0.29) is 31.1 Å². The SMILES string of the molecule is CC(CO)(CO)C(=O)OCCNC(=O)C1C(N=O)C2OC23C=CC13. The quantitative estimate of drug-likeness (QED) is 0.165. The maximum absolute atomic E-state index is 12.3. The summed E-state index contributed by atoms with van der Waals surface area (Å²) in [6, 6.07) is -0.709. The van der Waals surface area contributed by atoms with E-state index in [1.807, 2.05) is 12.2 Å². The lowest BCUT2D eigenvalue weighted by atomic mass is 9.78. The summed E-state index contributed by atoms with van der Waals surface area (Å²) in [6.45, 7) is 0.259. The Morgan fingerprint density at radius 3 is 2.67 bits per heavy atom. The van der Waals surface area contributed by atoms with Crippen molar-refractivity contribution >= 4 is 11.9 Å². The van der Waals surface area contributed by atoms with Crippen molar-refractivity contribution in [3.63, 3.8) is 0 Å². The van der Waals surface area contributed by atoms with Crippen molar-refractivity contribution in [2.45, 2.75) is 24.7 Å². The molecule has 0 aromatic carbocycles. The molecular weight excluding hydrogens is 320 g/mol. The number of hydrogen-bond donors (Lipinski definition) is 3. The molecule has 3 N–H and O–H groups in total. The second kappa shape index (κ2) is 5.91. The molecule has 0 aromatic heterocycles. The number of nitrogens with one attached hydrogen (secondary N) is 1. The molecule has 5 unspecified atom stereocenters. The largest absolute Gasteiger partial charge is 0.463 e. The van der Waals surface area contributed by atoms with E-state index in [2.05, 4.69) is 10.5 Å². The summed E-state index contributed by atoms with van der Waals surface area (Å²) in [5.41, 5.74) is -1.85. The minimum Gasteiger partial charge on any atom is -0.463 e. The number of carbonyl (C=O) groups is 2. The summed E-state index contributed by atoms with van der Waals surface area (Å²) >= 11 is 0. The third kappa shape index (κ3) is 2.35. The van der Waals surface area contributed by atoms with Crippen molar-refractivity contribution in [1.82, 2.24) is 5.32 Å². The second-order valence-corrected chi connectivity index (χ2v) is 6.70. The maximum atomic E-state index is 12.3. The van der Waals surface area contributed by atoms with Crippen LogP contribution in [0.5, 0.6) is 0 Å². The monoisotopic (exact) mass is 340 g/mol. The van der Waals surface area contributed by atoms with Crippen LogP contribution in [-0.4, -0.2) is 66.2 Å². The molecule has 132 valence electrons. The number of aliphatic hydroxyl groups excluding tert-OH is 2. The fraction of sp³-hybridized carbons (Fsp3) is 0.733. The third-order valence-electron chi connectivity index (χ3n) is 5.12. The highest BCUT2D eigenvalue weighted by Crippen LogP contribution is 2.63. The Morgan fingerprint density at radius 2 is 2.12 bits per heavy atom. The van der Waals surface area contributed by atoms with Crippen LogP contribution in [-0.2, 0) is 19.1 Å². The highest BCUT2D eigenvalue weighted by atomic mass is 16.6. The molecule has 1 amide bonds. The first-order chi connectivity index (χ1) is 11.4. The summed E-state index contributed by atoms with van der Waals surface area (Å²) < 4.78 is 10.4. The van der Waals surface area contributed by atoms with Crippen molar-refractivity contribution in [3.05, 3.63) is 17.1 Å². The van der Waals surface area contributed by atoms with E-state index in [1.165, 1.54) is 6.92 Å². The number of epoxide rings is 1. The Bertz CT molecular complexity index is 588. The number of carbonyl (C=O) groups excluding carboxylic acids is 2. The number of ether oxygens (including phenoxy) is 2. The fourth-order valence-corrected chi connectivity index (χ4v) is 3.35. The van der Waals surface area contributed by atoms with Gasteiger partial charge in [-0.25, -0.2) is 0 Å². The topological polar surface area (TPSA) is 138 Å². The van der Waals surface area contributed by atoms with Gasteiger partial charge in [0.2, 0.25) is 5.91 Å². The fourth-order valence-electron chi connectivity index (χ4n) is 3.35. The van der Waals surface area contributed by atoms with Crippen LogP contribution in [0.25, 0.3) is 0 Å². The van der Waals surface area contributed by atoms with Gasteiger partial charge in [-0.3, -0.25) is 9.59 Å². The summed E-state index contributed by atoms with van der Waals surface area (Å²) in [4.78, 5) is 35.1. The second-order valence-electron chi connectivity index (χ2n) is 6.70. The average molecular weight is 340 g/mol. The molecule has 1 aliphatic heterocycles. The predicted molar refractivity (Wildman–Crippen MR) is 79.6 cm³/mol. The normalized spacial score (nSPS) is 35.5. The van der Waals surface area contributed by atoms with Gasteiger partial charge in [0, 0.05) is 5.92 Å². The Hall–Kier alpha value is -1.84. The molecule has 9 nitrogen and oxygen atoms in total. The molecular formula is C15H20N2O7. The summed E-state index contributed by atoms with van der Waals surface area (Å²) in [5, 5.41) is 23.9. The van der Waals surface area contributed by atoms with Crippen LogP contribution < -0.4 is 5.32 Å². The van der Waals surface area contributed by atoms with E-state index in [0.717, 1.165) is 0 Å². The molecule has 24 heavy (non-hydrogen) atoms. The first kappa shape index (κ1) is 17.0. The molecule has 1 saturated heterocycles. The highest BCUT2D eigenvalue weighted by Gasteiger charge is 2.77. The Balaban J connectivity index is 1.46. The molecule has 2 aliphatic carbocycles. The van der Waals surface area contributed by atoms with Gasteiger partial charge in [0.15, 0.2) is 0 Å².